The molecule has 1 atom stereocenters. The molecule has 2 amide bonds. The van der Waals surface area contributed by atoms with Crippen molar-refractivity contribution < 1.29 is 14.3 Å². The van der Waals surface area contributed by atoms with Crippen molar-refractivity contribution in [3.63, 3.8) is 0 Å². The van der Waals surface area contributed by atoms with Gasteiger partial charge in [-0.15, -0.1) is 0 Å². The molecule has 5 nitrogen and oxygen atoms in total. The van der Waals surface area contributed by atoms with E-state index in [1.165, 1.54) is 0 Å². The van der Waals surface area contributed by atoms with Gasteiger partial charge in [0.1, 0.15) is 11.8 Å². The second-order valence-corrected chi connectivity index (χ2v) is 9.22. The number of hydrogen-bond acceptors (Lipinski definition) is 3. The number of ether oxygens (including phenoxy) is 1. The summed E-state index contributed by atoms with van der Waals surface area (Å²) in [6.45, 7) is 12.6. The Labute approximate surface area is 194 Å². The quantitative estimate of drug-likeness (QED) is 0.543. The van der Waals surface area contributed by atoms with Crippen LogP contribution in [0.1, 0.15) is 43.0 Å². The molecular formula is C25H33BrN2O3. The molecule has 0 saturated carbocycles. The van der Waals surface area contributed by atoms with Gasteiger partial charge in [0.05, 0.1) is 0 Å². The van der Waals surface area contributed by atoms with Crippen molar-refractivity contribution in [3.05, 3.63) is 63.1 Å². The van der Waals surface area contributed by atoms with Gasteiger partial charge in [-0.05, 0) is 68.0 Å². The number of amides is 2. The second kappa shape index (κ2) is 11.3. The van der Waals surface area contributed by atoms with Crippen LogP contribution in [0.4, 0.5) is 0 Å². The molecule has 2 aromatic rings. The number of nitrogens with one attached hydrogen (secondary N) is 1. The Balaban J connectivity index is 2.19. The zero-order valence-corrected chi connectivity index (χ0v) is 20.9. The highest BCUT2D eigenvalue weighted by Crippen LogP contribution is 2.26. The van der Waals surface area contributed by atoms with Crippen LogP contribution >= 0.6 is 15.9 Å². The van der Waals surface area contributed by atoms with E-state index >= 15 is 0 Å². The van der Waals surface area contributed by atoms with Crippen LogP contribution in [-0.2, 0) is 16.1 Å². The van der Waals surface area contributed by atoms with Crippen LogP contribution in [0.2, 0.25) is 0 Å². The van der Waals surface area contributed by atoms with E-state index in [-0.39, 0.29) is 18.4 Å². The molecule has 0 fully saturated rings. The lowest BCUT2D eigenvalue weighted by Crippen LogP contribution is -2.49. The number of rotatable bonds is 9. The lowest BCUT2D eigenvalue weighted by molar-refractivity contribution is -0.142. The molecule has 0 spiro atoms. The fourth-order valence-corrected chi connectivity index (χ4v) is 3.45. The number of halogens is 1. The van der Waals surface area contributed by atoms with E-state index in [9.17, 15) is 9.59 Å². The Hall–Kier alpha value is -2.34. The maximum Gasteiger partial charge on any atom is 0.261 e. The molecule has 168 valence electrons. The van der Waals surface area contributed by atoms with Gasteiger partial charge in [-0.2, -0.15) is 0 Å². The Kier molecular flexibility index (Phi) is 9.11. The van der Waals surface area contributed by atoms with Crippen LogP contribution in [0.15, 0.2) is 40.9 Å². The van der Waals surface area contributed by atoms with Gasteiger partial charge in [-0.1, -0.05) is 54.0 Å². The molecule has 2 aromatic carbocycles. The monoisotopic (exact) mass is 488 g/mol. The summed E-state index contributed by atoms with van der Waals surface area (Å²) in [7, 11) is 0. The number of carbonyl (C=O) groups is 2. The number of aryl methyl sites for hydroxylation is 3. The van der Waals surface area contributed by atoms with Crippen LogP contribution < -0.4 is 10.1 Å². The minimum atomic E-state index is -0.608. The van der Waals surface area contributed by atoms with Gasteiger partial charge < -0.3 is 15.0 Å². The molecule has 2 rings (SSSR count). The first-order chi connectivity index (χ1) is 14.6. The lowest BCUT2D eigenvalue weighted by atomic mass is 10.1. The van der Waals surface area contributed by atoms with Crippen LogP contribution in [0.3, 0.4) is 0 Å². The highest BCUT2D eigenvalue weighted by molar-refractivity contribution is 9.10. The molecule has 0 aromatic heterocycles. The number of carbonyl (C=O) groups excluding carboxylic acids is 2. The highest BCUT2D eigenvalue weighted by Gasteiger charge is 2.27. The first-order valence-electron chi connectivity index (χ1n) is 10.6. The minimum absolute atomic E-state index is 0.131. The van der Waals surface area contributed by atoms with Crippen LogP contribution in [0.5, 0.6) is 5.75 Å². The Morgan fingerprint density at radius 2 is 1.65 bits per heavy atom. The van der Waals surface area contributed by atoms with E-state index in [1.54, 1.807) is 11.8 Å². The molecule has 0 aliphatic heterocycles. The maximum atomic E-state index is 13.2. The number of benzene rings is 2. The molecule has 0 heterocycles. The summed E-state index contributed by atoms with van der Waals surface area (Å²) in [4.78, 5) is 27.5. The van der Waals surface area contributed by atoms with Crippen LogP contribution in [-0.4, -0.2) is 35.9 Å². The predicted octanol–water partition coefficient (Wildman–Crippen LogP) is 4.94. The molecule has 0 bridgehead atoms. The van der Waals surface area contributed by atoms with Crippen LogP contribution in [0.25, 0.3) is 0 Å². The SMILES string of the molecule is Cc1ccccc1CN(C(=O)COc1cc(C)c(Br)c(C)c1)[C@@H](C)C(=O)NCC(C)C. The zero-order chi connectivity index (χ0) is 23.1. The third kappa shape index (κ3) is 7.10. The lowest BCUT2D eigenvalue weighted by Gasteiger charge is -2.29. The summed E-state index contributed by atoms with van der Waals surface area (Å²) in [5.41, 5.74) is 4.17. The van der Waals surface area contributed by atoms with Crippen molar-refractivity contribution in [2.75, 3.05) is 13.2 Å². The van der Waals surface area contributed by atoms with Crippen molar-refractivity contribution in [3.8, 4) is 5.75 Å². The Morgan fingerprint density at radius 1 is 1.03 bits per heavy atom. The summed E-state index contributed by atoms with van der Waals surface area (Å²) in [5, 5.41) is 2.93. The third-order valence-corrected chi connectivity index (χ3v) is 6.48. The van der Waals surface area contributed by atoms with Gasteiger partial charge in [-0.25, -0.2) is 0 Å². The zero-order valence-electron chi connectivity index (χ0n) is 19.3. The average molecular weight is 489 g/mol. The van der Waals surface area contributed by atoms with Crippen LogP contribution in [0, 0.1) is 26.7 Å². The first kappa shape index (κ1) is 24.9. The smallest absolute Gasteiger partial charge is 0.261 e. The Morgan fingerprint density at radius 3 is 2.23 bits per heavy atom. The highest BCUT2D eigenvalue weighted by atomic mass is 79.9. The van der Waals surface area contributed by atoms with E-state index in [2.05, 4.69) is 21.2 Å². The molecule has 0 aliphatic rings. The van der Waals surface area contributed by atoms with E-state index < -0.39 is 6.04 Å². The van der Waals surface area contributed by atoms with Crippen molar-refractivity contribution in [1.29, 1.82) is 0 Å². The van der Waals surface area contributed by atoms with Crippen molar-refractivity contribution >= 4 is 27.7 Å². The Bertz CT molecular complexity index is 904. The molecule has 0 aliphatic carbocycles. The van der Waals surface area contributed by atoms with E-state index in [0.717, 1.165) is 26.7 Å². The van der Waals surface area contributed by atoms with E-state index in [1.807, 2.05) is 71.0 Å². The summed E-state index contributed by atoms with van der Waals surface area (Å²) in [5.74, 6) is 0.586. The molecule has 0 unspecified atom stereocenters. The predicted molar refractivity (Wildman–Crippen MR) is 128 cm³/mol. The first-order valence-corrected chi connectivity index (χ1v) is 11.4. The van der Waals surface area contributed by atoms with Gasteiger partial charge in [0.25, 0.3) is 5.91 Å². The number of hydrogen-bond donors (Lipinski definition) is 1. The summed E-state index contributed by atoms with van der Waals surface area (Å²) >= 11 is 3.54. The molecule has 1 N–H and O–H groups in total. The largest absolute Gasteiger partial charge is 0.484 e. The molecular weight excluding hydrogens is 456 g/mol. The van der Waals surface area contributed by atoms with Gasteiger partial charge in [0.2, 0.25) is 5.91 Å². The van der Waals surface area contributed by atoms with Gasteiger partial charge in [0.15, 0.2) is 6.61 Å². The van der Waals surface area contributed by atoms with Crippen molar-refractivity contribution in [2.24, 2.45) is 5.92 Å². The summed E-state index contributed by atoms with van der Waals surface area (Å²) in [6, 6.07) is 11.1. The van der Waals surface area contributed by atoms with Crippen molar-refractivity contribution in [2.45, 2.75) is 54.1 Å². The topological polar surface area (TPSA) is 58.6 Å². The second-order valence-electron chi connectivity index (χ2n) is 8.42. The number of nitrogens with zero attached hydrogens (tertiary/aromatic N) is 1. The normalized spacial score (nSPS) is 11.9. The van der Waals surface area contributed by atoms with Gasteiger partial charge >= 0.3 is 0 Å². The fourth-order valence-electron chi connectivity index (χ4n) is 3.22. The molecule has 0 radical (unpaired) electrons. The minimum Gasteiger partial charge on any atom is -0.484 e. The van der Waals surface area contributed by atoms with E-state index in [0.29, 0.717) is 24.8 Å². The van der Waals surface area contributed by atoms with Gasteiger partial charge in [-0.3, -0.25) is 9.59 Å². The van der Waals surface area contributed by atoms with Gasteiger partial charge in [0, 0.05) is 17.6 Å². The van der Waals surface area contributed by atoms with E-state index in [4.69, 9.17) is 4.74 Å². The molecule has 0 saturated heterocycles. The standard InChI is InChI=1S/C25H33BrN2O3/c1-16(2)13-27-25(30)20(6)28(14-21-10-8-7-9-17(21)3)23(29)15-31-22-11-18(4)24(26)19(5)12-22/h7-12,16,20H,13-15H2,1-6H3,(H,27,30)/t20-/m0/s1. The average Bonchev–Trinajstić information content (AvgIpc) is 2.72. The molecule has 31 heavy (non-hydrogen) atoms. The summed E-state index contributed by atoms with van der Waals surface area (Å²) in [6.07, 6.45) is 0. The molecule has 6 heteroatoms. The summed E-state index contributed by atoms with van der Waals surface area (Å²) < 4.78 is 6.85. The third-order valence-electron chi connectivity index (χ3n) is 5.23. The maximum absolute atomic E-state index is 13.2. The fraction of sp³-hybridized carbons (Fsp3) is 0.440. The van der Waals surface area contributed by atoms with Crippen molar-refractivity contribution in [1.82, 2.24) is 10.2 Å².